The van der Waals surface area contributed by atoms with Gasteiger partial charge < -0.3 is 4.74 Å². The van der Waals surface area contributed by atoms with Gasteiger partial charge in [-0.25, -0.2) is 8.42 Å². The van der Waals surface area contributed by atoms with Crippen LogP contribution in [0.1, 0.15) is 17.3 Å². The molecule has 0 saturated heterocycles. The van der Waals surface area contributed by atoms with E-state index in [1.807, 2.05) is 0 Å². The monoisotopic (exact) mass is 262 g/mol. The molecule has 0 unspecified atom stereocenters. The fourth-order valence-electron chi connectivity index (χ4n) is 1.24. The maximum absolute atomic E-state index is 11.5. The molecule has 0 atom stereocenters. The molecule has 0 saturated carbocycles. The number of hydrogen-bond donors (Lipinski definition) is 0. The third-order valence-corrected chi connectivity index (χ3v) is 3.40. The second kappa shape index (κ2) is 4.43. The molecule has 16 heavy (non-hydrogen) atoms. The highest BCUT2D eigenvalue weighted by molar-refractivity contribution is 7.90. The minimum absolute atomic E-state index is 0.0640. The second-order valence-electron chi connectivity index (χ2n) is 3.32. The standard InChI is InChI=1S/C10H11ClO4S/c1-6(12)7-4-8(11)10(15-2)9(5-7)16(3,13)14/h4-5H,1-3H3. The number of carbonyl (C=O) groups is 1. The van der Waals surface area contributed by atoms with Gasteiger partial charge in [0.25, 0.3) is 0 Å². The Labute approximate surface area is 99.1 Å². The van der Waals surface area contributed by atoms with Gasteiger partial charge in [0.15, 0.2) is 21.4 Å². The van der Waals surface area contributed by atoms with Gasteiger partial charge in [-0.2, -0.15) is 0 Å². The second-order valence-corrected chi connectivity index (χ2v) is 5.71. The highest BCUT2D eigenvalue weighted by Gasteiger charge is 2.19. The number of benzene rings is 1. The molecule has 88 valence electrons. The lowest BCUT2D eigenvalue weighted by molar-refractivity contribution is 0.101. The summed E-state index contributed by atoms with van der Waals surface area (Å²) >= 11 is 5.84. The van der Waals surface area contributed by atoms with Crippen LogP contribution in [0.2, 0.25) is 5.02 Å². The normalized spacial score (nSPS) is 11.2. The number of sulfone groups is 1. The molecule has 0 bridgehead atoms. The summed E-state index contributed by atoms with van der Waals surface area (Å²) < 4.78 is 27.9. The van der Waals surface area contributed by atoms with E-state index >= 15 is 0 Å². The molecule has 0 aromatic heterocycles. The number of hydrogen-bond acceptors (Lipinski definition) is 4. The zero-order chi connectivity index (χ0) is 12.5. The van der Waals surface area contributed by atoms with Crippen LogP contribution in [0.25, 0.3) is 0 Å². The van der Waals surface area contributed by atoms with Crippen LogP contribution in [0.3, 0.4) is 0 Å². The summed E-state index contributed by atoms with van der Waals surface area (Å²) in [5, 5.41) is 0.107. The third-order valence-electron chi connectivity index (χ3n) is 2.02. The van der Waals surface area contributed by atoms with E-state index in [4.69, 9.17) is 16.3 Å². The van der Waals surface area contributed by atoms with Crippen molar-refractivity contribution in [3.05, 3.63) is 22.7 Å². The Morgan fingerprint density at radius 3 is 2.31 bits per heavy atom. The maximum Gasteiger partial charge on any atom is 0.179 e. The molecule has 1 aromatic rings. The van der Waals surface area contributed by atoms with E-state index in [-0.39, 0.29) is 27.0 Å². The molecule has 4 nitrogen and oxygen atoms in total. The number of rotatable bonds is 3. The Balaban J connectivity index is 3.62. The molecule has 0 N–H and O–H groups in total. The van der Waals surface area contributed by atoms with Crippen molar-refractivity contribution in [1.29, 1.82) is 0 Å². The zero-order valence-corrected chi connectivity index (χ0v) is 10.6. The highest BCUT2D eigenvalue weighted by Crippen LogP contribution is 2.33. The summed E-state index contributed by atoms with van der Waals surface area (Å²) in [5.41, 5.74) is 0.242. The van der Waals surface area contributed by atoms with E-state index in [0.29, 0.717) is 0 Å². The van der Waals surface area contributed by atoms with Gasteiger partial charge in [-0.3, -0.25) is 4.79 Å². The number of halogens is 1. The van der Waals surface area contributed by atoms with E-state index in [2.05, 4.69) is 0 Å². The van der Waals surface area contributed by atoms with Crippen molar-refractivity contribution in [2.45, 2.75) is 11.8 Å². The van der Waals surface area contributed by atoms with Crippen molar-refractivity contribution in [3.63, 3.8) is 0 Å². The van der Waals surface area contributed by atoms with Gasteiger partial charge in [-0.15, -0.1) is 0 Å². The van der Waals surface area contributed by atoms with Crippen molar-refractivity contribution in [1.82, 2.24) is 0 Å². The minimum atomic E-state index is -3.49. The largest absolute Gasteiger partial charge is 0.494 e. The number of Topliss-reactive ketones (excluding diaryl/α,β-unsaturated/α-hetero) is 1. The van der Waals surface area contributed by atoms with E-state index in [9.17, 15) is 13.2 Å². The van der Waals surface area contributed by atoms with Crippen LogP contribution >= 0.6 is 11.6 Å². The summed E-state index contributed by atoms with van der Waals surface area (Å²) in [6.45, 7) is 1.34. The van der Waals surface area contributed by atoms with Crippen LogP contribution in [0, 0.1) is 0 Å². The van der Waals surface area contributed by atoms with Gasteiger partial charge >= 0.3 is 0 Å². The van der Waals surface area contributed by atoms with Crippen LogP contribution in [-0.2, 0) is 9.84 Å². The average molecular weight is 263 g/mol. The molecule has 0 amide bonds. The Kier molecular flexibility index (Phi) is 3.60. The molecule has 0 aliphatic rings. The molecule has 0 aliphatic carbocycles. The number of carbonyl (C=O) groups excluding carboxylic acids is 1. The summed E-state index contributed by atoms with van der Waals surface area (Å²) in [5.74, 6) is -0.191. The summed E-state index contributed by atoms with van der Waals surface area (Å²) in [6, 6.07) is 2.65. The van der Waals surface area contributed by atoms with Gasteiger partial charge in [-0.1, -0.05) is 11.6 Å². The van der Waals surface area contributed by atoms with Crippen LogP contribution in [-0.4, -0.2) is 27.6 Å². The zero-order valence-electron chi connectivity index (χ0n) is 9.07. The molecule has 1 rings (SSSR count). The average Bonchev–Trinajstić information content (AvgIpc) is 2.14. The van der Waals surface area contributed by atoms with Gasteiger partial charge in [0.1, 0.15) is 4.90 Å². The van der Waals surface area contributed by atoms with E-state index in [1.165, 1.54) is 26.2 Å². The number of ether oxygens (including phenoxy) is 1. The lowest BCUT2D eigenvalue weighted by atomic mass is 10.1. The Bertz CT molecular complexity index is 534. The molecule has 6 heteroatoms. The first-order valence-electron chi connectivity index (χ1n) is 4.36. The van der Waals surface area contributed by atoms with Crippen molar-refractivity contribution >= 4 is 27.2 Å². The first-order valence-corrected chi connectivity index (χ1v) is 6.63. The smallest absolute Gasteiger partial charge is 0.179 e. The number of ketones is 1. The summed E-state index contributed by atoms with van der Waals surface area (Å²) in [6.07, 6.45) is 1.03. The van der Waals surface area contributed by atoms with Gasteiger partial charge in [0.05, 0.1) is 12.1 Å². The molecule has 0 aliphatic heterocycles. The number of methoxy groups -OCH3 is 1. The minimum Gasteiger partial charge on any atom is -0.494 e. The fraction of sp³-hybridized carbons (Fsp3) is 0.300. The first kappa shape index (κ1) is 13.0. The van der Waals surface area contributed by atoms with Crippen molar-refractivity contribution < 1.29 is 17.9 Å². The molecule has 0 fully saturated rings. The quantitative estimate of drug-likeness (QED) is 0.781. The van der Waals surface area contributed by atoms with Crippen LogP contribution in [0.5, 0.6) is 5.75 Å². The van der Waals surface area contributed by atoms with Crippen molar-refractivity contribution in [2.75, 3.05) is 13.4 Å². The summed E-state index contributed by atoms with van der Waals surface area (Å²) in [7, 11) is -2.16. The fourth-order valence-corrected chi connectivity index (χ4v) is 2.47. The molecule has 0 heterocycles. The SMILES string of the molecule is COc1c(Cl)cc(C(C)=O)cc1S(C)(=O)=O. The van der Waals surface area contributed by atoms with Gasteiger partial charge in [-0.05, 0) is 19.1 Å². The predicted octanol–water partition coefficient (Wildman–Crippen LogP) is 1.95. The first-order chi connectivity index (χ1) is 7.27. The lowest BCUT2D eigenvalue weighted by Crippen LogP contribution is -2.04. The van der Waals surface area contributed by atoms with Gasteiger partial charge in [0.2, 0.25) is 0 Å². The van der Waals surface area contributed by atoms with Gasteiger partial charge in [0, 0.05) is 11.8 Å². The Morgan fingerprint density at radius 1 is 1.38 bits per heavy atom. The summed E-state index contributed by atoms with van der Waals surface area (Å²) in [4.78, 5) is 11.1. The van der Waals surface area contributed by atoms with Crippen molar-refractivity contribution in [3.8, 4) is 5.75 Å². The van der Waals surface area contributed by atoms with Crippen LogP contribution in [0.4, 0.5) is 0 Å². The van der Waals surface area contributed by atoms with E-state index in [1.54, 1.807) is 0 Å². The van der Waals surface area contributed by atoms with Crippen molar-refractivity contribution in [2.24, 2.45) is 0 Å². The Hall–Kier alpha value is -1.07. The molecule has 0 spiro atoms. The third kappa shape index (κ3) is 2.54. The lowest BCUT2D eigenvalue weighted by Gasteiger charge is -2.10. The molecular formula is C10H11ClO4S. The predicted molar refractivity (Wildman–Crippen MR) is 61.1 cm³/mol. The van der Waals surface area contributed by atoms with E-state index in [0.717, 1.165) is 6.26 Å². The molecule has 0 radical (unpaired) electrons. The van der Waals surface area contributed by atoms with Crippen LogP contribution < -0.4 is 4.74 Å². The van der Waals surface area contributed by atoms with E-state index < -0.39 is 9.84 Å². The molecule has 1 aromatic carbocycles. The topological polar surface area (TPSA) is 60.4 Å². The molecular weight excluding hydrogens is 252 g/mol. The maximum atomic E-state index is 11.5. The highest BCUT2D eigenvalue weighted by atomic mass is 35.5. The van der Waals surface area contributed by atoms with Crippen LogP contribution in [0.15, 0.2) is 17.0 Å². The Morgan fingerprint density at radius 2 is 1.94 bits per heavy atom.